The number of nitrogens with one attached hydrogen (secondary N) is 1. The van der Waals surface area contributed by atoms with Crippen LogP contribution >= 0.6 is 0 Å². The van der Waals surface area contributed by atoms with Gasteiger partial charge >= 0.3 is 0 Å². The Labute approximate surface area is 179 Å². The number of aromatic nitrogens is 2. The maximum absolute atomic E-state index is 12.7. The van der Waals surface area contributed by atoms with Gasteiger partial charge in [0.1, 0.15) is 17.4 Å². The van der Waals surface area contributed by atoms with Crippen LogP contribution in [0.25, 0.3) is 5.69 Å². The molecule has 0 fully saturated rings. The van der Waals surface area contributed by atoms with Gasteiger partial charge in [-0.25, -0.2) is 5.43 Å². The normalized spacial score (nSPS) is 10.6. The molecule has 1 N–H and O–H groups in total. The molecule has 0 atom stereocenters. The maximum atomic E-state index is 12.7. The number of carbonyl (C=O) groups excluding carboxylic acids is 1. The monoisotopic (exact) mass is 415 g/mol. The number of ether oxygens (including phenoxy) is 1. The molecule has 0 bridgehead atoms. The van der Waals surface area contributed by atoms with E-state index < -0.39 is 11.5 Å². The summed E-state index contributed by atoms with van der Waals surface area (Å²) in [6.45, 7) is 5.81. The fraction of sp³-hybridized carbons (Fsp3) is 0.174. The second-order valence-electron chi connectivity index (χ2n) is 6.67. The number of benzene rings is 2. The molecule has 3 aromatic rings. The van der Waals surface area contributed by atoms with Gasteiger partial charge in [0.2, 0.25) is 0 Å². The van der Waals surface area contributed by atoms with Gasteiger partial charge in [0, 0.05) is 5.56 Å². The summed E-state index contributed by atoms with van der Waals surface area (Å²) in [4.78, 5) is 25.4. The van der Waals surface area contributed by atoms with Crippen molar-refractivity contribution in [2.45, 2.75) is 20.8 Å². The lowest BCUT2D eigenvalue weighted by molar-refractivity contribution is 0.0947. The highest BCUT2D eigenvalue weighted by Gasteiger charge is 2.20. The standard InChI is InChI=1S/C23H21N5O3/c1-4-31-18-11-9-17(10-12-18)14-25-26-22(29)21-16(3)19(13-24)23(30)28(27-21)20-8-6-5-7-15(20)2/h5-12,14H,4H2,1-3H3,(H,26,29)/b25-14+. The summed E-state index contributed by atoms with van der Waals surface area (Å²) in [5.41, 5.74) is 3.87. The van der Waals surface area contributed by atoms with Gasteiger partial charge in [-0.15, -0.1) is 0 Å². The Bertz CT molecular complexity index is 1240. The second kappa shape index (κ2) is 9.50. The van der Waals surface area contributed by atoms with Crippen LogP contribution in [-0.4, -0.2) is 28.5 Å². The van der Waals surface area contributed by atoms with Gasteiger partial charge in [-0.05, 0) is 62.2 Å². The molecular weight excluding hydrogens is 394 g/mol. The van der Waals surface area contributed by atoms with Crippen LogP contribution in [-0.2, 0) is 0 Å². The lowest BCUT2D eigenvalue weighted by Gasteiger charge is -2.12. The van der Waals surface area contributed by atoms with Gasteiger partial charge in [-0.1, -0.05) is 18.2 Å². The molecule has 0 aliphatic carbocycles. The van der Waals surface area contributed by atoms with Crippen LogP contribution in [0.2, 0.25) is 0 Å². The average Bonchev–Trinajstić information content (AvgIpc) is 2.76. The molecule has 1 aromatic heterocycles. The number of para-hydroxylation sites is 1. The van der Waals surface area contributed by atoms with Crippen LogP contribution in [0, 0.1) is 25.2 Å². The third-order valence-corrected chi connectivity index (χ3v) is 4.58. The number of hydrogen-bond acceptors (Lipinski definition) is 6. The Balaban J connectivity index is 1.90. The van der Waals surface area contributed by atoms with Crippen molar-refractivity contribution < 1.29 is 9.53 Å². The molecule has 0 aliphatic heterocycles. The molecule has 8 nitrogen and oxygen atoms in total. The van der Waals surface area contributed by atoms with E-state index in [1.165, 1.54) is 13.1 Å². The second-order valence-corrected chi connectivity index (χ2v) is 6.67. The highest BCUT2D eigenvalue weighted by molar-refractivity contribution is 5.94. The number of amides is 1. The van der Waals surface area contributed by atoms with Crippen LogP contribution in [0.4, 0.5) is 0 Å². The Morgan fingerprint density at radius 1 is 1.23 bits per heavy atom. The molecule has 3 rings (SSSR count). The first-order valence-corrected chi connectivity index (χ1v) is 9.62. The first kappa shape index (κ1) is 21.5. The zero-order valence-electron chi connectivity index (χ0n) is 17.4. The number of aryl methyl sites for hydroxylation is 1. The van der Waals surface area contributed by atoms with Crippen molar-refractivity contribution in [3.8, 4) is 17.5 Å². The van der Waals surface area contributed by atoms with Crippen molar-refractivity contribution in [3.05, 3.63) is 86.8 Å². The summed E-state index contributed by atoms with van der Waals surface area (Å²) in [7, 11) is 0. The molecule has 0 aliphatic rings. The van der Waals surface area contributed by atoms with Crippen molar-refractivity contribution in [1.29, 1.82) is 5.26 Å². The van der Waals surface area contributed by atoms with Crippen molar-refractivity contribution in [3.63, 3.8) is 0 Å². The molecule has 156 valence electrons. The van der Waals surface area contributed by atoms with E-state index in [1.54, 1.807) is 36.4 Å². The number of nitrogens with zero attached hydrogens (tertiary/aromatic N) is 4. The lowest BCUT2D eigenvalue weighted by Crippen LogP contribution is -2.31. The third kappa shape index (κ3) is 4.67. The Morgan fingerprint density at radius 3 is 2.58 bits per heavy atom. The van der Waals surface area contributed by atoms with Crippen LogP contribution in [0.1, 0.15) is 39.7 Å². The van der Waals surface area contributed by atoms with Crippen molar-refractivity contribution in [1.82, 2.24) is 15.2 Å². The summed E-state index contributed by atoms with van der Waals surface area (Å²) in [5, 5.41) is 17.6. The molecule has 8 heteroatoms. The summed E-state index contributed by atoms with van der Waals surface area (Å²) in [6.07, 6.45) is 1.48. The molecule has 1 heterocycles. The van der Waals surface area contributed by atoms with E-state index in [9.17, 15) is 14.9 Å². The Hall–Kier alpha value is -4.25. The van der Waals surface area contributed by atoms with Gasteiger partial charge in [0.15, 0.2) is 5.69 Å². The zero-order valence-corrected chi connectivity index (χ0v) is 17.4. The first-order valence-electron chi connectivity index (χ1n) is 9.62. The van der Waals surface area contributed by atoms with E-state index in [-0.39, 0.29) is 16.8 Å². The van der Waals surface area contributed by atoms with Gasteiger partial charge in [-0.3, -0.25) is 9.59 Å². The minimum atomic E-state index is -0.626. The molecule has 0 unspecified atom stereocenters. The van der Waals surface area contributed by atoms with E-state index >= 15 is 0 Å². The van der Waals surface area contributed by atoms with Gasteiger partial charge < -0.3 is 4.74 Å². The Morgan fingerprint density at radius 2 is 1.94 bits per heavy atom. The van der Waals surface area contributed by atoms with E-state index in [1.807, 2.05) is 32.0 Å². The minimum absolute atomic E-state index is 0.0525. The van der Waals surface area contributed by atoms with Crippen LogP contribution in [0.5, 0.6) is 5.75 Å². The number of carbonyl (C=O) groups is 1. The van der Waals surface area contributed by atoms with Crippen LogP contribution in [0.15, 0.2) is 58.4 Å². The average molecular weight is 415 g/mol. The number of rotatable bonds is 6. The van der Waals surface area contributed by atoms with Gasteiger partial charge in [-0.2, -0.15) is 20.1 Å². The van der Waals surface area contributed by atoms with E-state index in [2.05, 4.69) is 15.6 Å². The minimum Gasteiger partial charge on any atom is -0.494 e. The number of hydrazone groups is 1. The summed E-state index contributed by atoms with van der Waals surface area (Å²) < 4.78 is 6.46. The van der Waals surface area contributed by atoms with E-state index in [0.717, 1.165) is 21.6 Å². The molecule has 1 amide bonds. The predicted molar refractivity (Wildman–Crippen MR) is 117 cm³/mol. The van der Waals surface area contributed by atoms with Gasteiger partial charge in [0.05, 0.1) is 18.5 Å². The molecule has 0 spiro atoms. The van der Waals surface area contributed by atoms with Crippen molar-refractivity contribution in [2.24, 2.45) is 5.10 Å². The summed E-state index contributed by atoms with van der Waals surface area (Å²) >= 11 is 0. The smallest absolute Gasteiger partial charge is 0.292 e. The number of nitriles is 1. The molecule has 31 heavy (non-hydrogen) atoms. The van der Waals surface area contributed by atoms with Crippen molar-refractivity contribution >= 4 is 12.1 Å². The fourth-order valence-electron chi connectivity index (χ4n) is 2.95. The third-order valence-electron chi connectivity index (χ3n) is 4.58. The molecular formula is C23H21N5O3. The lowest BCUT2D eigenvalue weighted by atomic mass is 10.1. The topological polar surface area (TPSA) is 109 Å². The number of hydrogen-bond donors (Lipinski definition) is 1. The van der Waals surface area contributed by atoms with Crippen LogP contribution in [0.3, 0.4) is 0 Å². The van der Waals surface area contributed by atoms with Crippen molar-refractivity contribution in [2.75, 3.05) is 6.61 Å². The molecule has 0 saturated heterocycles. The van der Waals surface area contributed by atoms with E-state index in [4.69, 9.17) is 4.74 Å². The summed E-state index contributed by atoms with van der Waals surface area (Å²) in [6, 6.07) is 16.2. The maximum Gasteiger partial charge on any atom is 0.292 e. The summed E-state index contributed by atoms with van der Waals surface area (Å²) in [5.74, 6) is 0.115. The van der Waals surface area contributed by atoms with Gasteiger partial charge in [0.25, 0.3) is 11.5 Å². The quantitative estimate of drug-likeness (QED) is 0.492. The Kier molecular flexibility index (Phi) is 6.58. The molecule has 0 radical (unpaired) electrons. The SMILES string of the molecule is CCOc1ccc(/C=N/NC(=O)c2nn(-c3ccccc3C)c(=O)c(C#N)c2C)cc1. The predicted octanol–water partition coefficient (Wildman–Crippen LogP) is 2.88. The highest BCUT2D eigenvalue weighted by atomic mass is 16.5. The van der Waals surface area contributed by atoms with E-state index in [0.29, 0.717) is 12.3 Å². The van der Waals surface area contributed by atoms with Crippen LogP contribution < -0.4 is 15.7 Å². The fourth-order valence-corrected chi connectivity index (χ4v) is 2.95. The zero-order chi connectivity index (χ0) is 22.4. The molecule has 0 saturated carbocycles. The highest BCUT2D eigenvalue weighted by Crippen LogP contribution is 2.14. The molecule has 2 aromatic carbocycles. The largest absolute Gasteiger partial charge is 0.494 e. The first-order chi connectivity index (χ1) is 15.0.